The summed E-state index contributed by atoms with van der Waals surface area (Å²) in [5, 5.41) is 8.55. The maximum absolute atomic E-state index is 8.55. The zero-order valence-corrected chi connectivity index (χ0v) is 10.5. The van der Waals surface area contributed by atoms with Crippen LogP contribution in [0.5, 0.6) is 0 Å². The Hall–Kier alpha value is -0.760. The van der Waals surface area contributed by atoms with Crippen molar-refractivity contribution in [1.29, 1.82) is 0 Å². The Morgan fingerprint density at radius 1 is 1.29 bits per heavy atom. The fraction of sp³-hybridized carbons (Fsp3) is 0.667. The summed E-state index contributed by atoms with van der Waals surface area (Å²) in [6.07, 6.45) is 5.07. The highest BCUT2D eigenvalue weighted by molar-refractivity contribution is 5.04. The van der Waals surface area contributed by atoms with Gasteiger partial charge in [-0.1, -0.05) is 46.8 Å². The smallest absolute Gasteiger partial charge is 0.0891 e. The molecule has 0 saturated heterocycles. The third kappa shape index (κ3) is 65.6. The number of rotatable bonds is 2. The molecule has 2 heteroatoms. The summed E-state index contributed by atoms with van der Waals surface area (Å²) >= 11 is 0. The quantitative estimate of drug-likeness (QED) is 0.529. The van der Waals surface area contributed by atoms with Gasteiger partial charge in [0.15, 0.2) is 0 Å². The Morgan fingerprint density at radius 3 is 1.86 bits per heavy atom. The molecule has 0 aliphatic heterocycles. The van der Waals surface area contributed by atoms with Gasteiger partial charge in [-0.15, -0.1) is 0 Å². The molecule has 0 aromatic carbocycles. The summed E-state index contributed by atoms with van der Waals surface area (Å²) < 4.78 is 0. The van der Waals surface area contributed by atoms with Crippen LogP contribution in [-0.4, -0.2) is 11.7 Å². The maximum atomic E-state index is 8.55. The van der Waals surface area contributed by atoms with Crippen LogP contribution < -0.4 is 5.73 Å². The number of allylic oxidation sites excluding steroid dienone is 3. The molecule has 86 valence electrons. The minimum Gasteiger partial charge on any atom is -0.513 e. The Kier molecular flexibility index (Phi) is 24.5. The van der Waals surface area contributed by atoms with E-state index in [9.17, 15) is 0 Å². The van der Waals surface area contributed by atoms with Crippen molar-refractivity contribution < 1.29 is 5.11 Å². The van der Waals surface area contributed by atoms with Gasteiger partial charge < -0.3 is 10.8 Å². The lowest BCUT2D eigenvalue weighted by molar-refractivity contribution is 0.414. The first kappa shape index (κ1) is 18.9. The third-order valence-electron chi connectivity index (χ3n) is 0.610. The molecule has 0 aromatic rings. The van der Waals surface area contributed by atoms with Crippen molar-refractivity contribution in [2.75, 3.05) is 6.54 Å². The zero-order valence-electron chi connectivity index (χ0n) is 10.5. The molecule has 0 unspecified atom stereocenters. The molecule has 0 bridgehead atoms. The lowest BCUT2D eigenvalue weighted by Crippen LogP contribution is -1.91. The van der Waals surface area contributed by atoms with Gasteiger partial charge >= 0.3 is 0 Å². The van der Waals surface area contributed by atoms with Gasteiger partial charge in [-0.25, -0.2) is 0 Å². The number of aliphatic hydroxyl groups excluding tert-OH is 1. The van der Waals surface area contributed by atoms with E-state index in [1.807, 2.05) is 13.8 Å². The van der Waals surface area contributed by atoms with Gasteiger partial charge in [-0.2, -0.15) is 0 Å². The summed E-state index contributed by atoms with van der Waals surface area (Å²) in [4.78, 5) is 0. The molecule has 0 aliphatic carbocycles. The number of nitrogens with two attached hydrogens (primary N) is 1. The number of hydrogen-bond donors (Lipinski definition) is 2. The van der Waals surface area contributed by atoms with E-state index in [0.29, 0.717) is 12.3 Å². The highest BCUT2D eigenvalue weighted by Crippen LogP contribution is 1.83. The van der Waals surface area contributed by atoms with Crippen molar-refractivity contribution in [2.24, 2.45) is 11.7 Å². The second-order valence-corrected chi connectivity index (χ2v) is 3.20. The van der Waals surface area contributed by atoms with Crippen LogP contribution in [0.2, 0.25) is 0 Å². The van der Waals surface area contributed by atoms with Crippen molar-refractivity contribution in [1.82, 2.24) is 0 Å². The first-order valence-electron chi connectivity index (χ1n) is 5.23. The fourth-order valence-corrected chi connectivity index (χ4v) is 0.286. The average molecular weight is 201 g/mol. The second kappa shape index (κ2) is 18.1. The van der Waals surface area contributed by atoms with Crippen molar-refractivity contribution >= 4 is 0 Å². The molecular weight excluding hydrogens is 174 g/mol. The Morgan fingerprint density at radius 2 is 1.64 bits per heavy atom. The molecule has 14 heavy (non-hydrogen) atoms. The van der Waals surface area contributed by atoms with Crippen molar-refractivity contribution in [3.63, 3.8) is 0 Å². The standard InChI is InChI=1S/C6H11NO.C4H10.C2H6/c1-6(8)4-2-3-5-7;1-4(2)3;1-2/h2-4,8H,5,7H2,1H3;4H,1-3H3;1-2H3/b3-2+,6-4-;;. The highest BCUT2D eigenvalue weighted by Gasteiger charge is 1.70. The summed E-state index contributed by atoms with van der Waals surface area (Å²) in [6.45, 7) is 12.6. The lowest BCUT2D eigenvalue weighted by atomic mass is 10.3. The average Bonchev–Trinajstić information content (AvgIpc) is 2.07. The Bertz CT molecular complexity index is 131. The molecule has 3 N–H and O–H groups in total. The molecule has 0 radical (unpaired) electrons. The minimum atomic E-state index is 0.301. The van der Waals surface area contributed by atoms with Crippen LogP contribution in [0.15, 0.2) is 24.0 Å². The van der Waals surface area contributed by atoms with E-state index < -0.39 is 0 Å². The van der Waals surface area contributed by atoms with Gasteiger partial charge in [0.25, 0.3) is 0 Å². The van der Waals surface area contributed by atoms with Crippen LogP contribution in [0.3, 0.4) is 0 Å². The molecule has 0 aromatic heterocycles. The van der Waals surface area contributed by atoms with Crippen LogP contribution in [0, 0.1) is 5.92 Å². The molecule has 0 saturated carbocycles. The van der Waals surface area contributed by atoms with Gasteiger partial charge in [0, 0.05) is 6.54 Å². The topological polar surface area (TPSA) is 46.2 Å². The zero-order chi connectivity index (χ0) is 12.0. The van der Waals surface area contributed by atoms with Gasteiger partial charge in [0.2, 0.25) is 0 Å². The van der Waals surface area contributed by atoms with E-state index in [1.54, 1.807) is 25.2 Å². The summed E-state index contributed by atoms with van der Waals surface area (Å²) in [6, 6.07) is 0. The van der Waals surface area contributed by atoms with E-state index in [2.05, 4.69) is 20.8 Å². The molecule has 0 heterocycles. The Balaban J connectivity index is -0.000000170. The Labute approximate surface area is 89.5 Å². The molecule has 0 aliphatic rings. The van der Waals surface area contributed by atoms with Crippen LogP contribution in [0.4, 0.5) is 0 Å². The normalized spacial score (nSPS) is 10.4. The lowest BCUT2D eigenvalue weighted by Gasteiger charge is -1.80. The van der Waals surface area contributed by atoms with Crippen molar-refractivity contribution in [3.8, 4) is 0 Å². The first-order chi connectivity index (χ1) is 6.50. The van der Waals surface area contributed by atoms with Gasteiger partial charge in [-0.05, 0) is 18.9 Å². The van der Waals surface area contributed by atoms with E-state index in [0.717, 1.165) is 5.92 Å². The summed E-state index contributed by atoms with van der Waals surface area (Å²) in [5.41, 5.74) is 5.12. The van der Waals surface area contributed by atoms with Gasteiger partial charge in [-0.3, -0.25) is 0 Å². The van der Waals surface area contributed by atoms with Crippen LogP contribution in [-0.2, 0) is 0 Å². The molecule has 0 spiro atoms. The minimum absolute atomic E-state index is 0.301. The monoisotopic (exact) mass is 201 g/mol. The molecule has 0 amide bonds. The molecule has 0 fully saturated rings. The third-order valence-corrected chi connectivity index (χ3v) is 0.610. The van der Waals surface area contributed by atoms with Gasteiger partial charge in [0.1, 0.15) is 0 Å². The largest absolute Gasteiger partial charge is 0.513 e. The van der Waals surface area contributed by atoms with E-state index >= 15 is 0 Å². The van der Waals surface area contributed by atoms with Crippen molar-refractivity contribution in [2.45, 2.75) is 41.5 Å². The predicted molar refractivity (Wildman–Crippen MR) is 66.4 cm³/mol. The summed E-state index contributed by atoms with van der Waals surface area (Å²) in [5.74, 6) is 1.13. The first-order valence-corrected chi connectivity index (χ1v) is 5.23. The SMILES string of the molecule is C/C(O)=C/C=C/CN.CC.CC(C)C. The predicted octanol–water partition coefficient (Wildman–Crippen LogP) is 3.65. The highest BCUT2D eigenvalue weighted by atomic mass is 16.3. The summed E-state index contributed by atoms with van der Waals surface area (Å²) in [7, 11) is 0. The van der Waals surface area contributed by atoms with E-state index in [4.69, 9.17) is 10.8 Å². The van der Waals surface area contributed by atoms with E-state index in [-0.39, 0.29) is 0 Å². The number of aliphatic hydroxyl groups is 1. The van der Waals surface area contributed by atoms with E-state index in [1.165, 1.54) is 0 Å². The molecular formula is C12H27NO. The van der Waals surface area contributed by atoms with Crippen LogP contribution >= 0.6 is 0 Å². The van der Waals surface area contributed by atoms with Crippen molar-refractivity contribution in [3.05, 3.63) is 24.0 Å². The molecule has 0 atom stereocenters. The van der Waals surface area contributed by atoms with Crippen LogP contribution in [0.1, 0.15) is 41.5 Å². The number of hydrogen-bond acceptors (Lipinski definition) is 2. The molecule has 2 nitrogen and oxygen atoms in total. The second-order valence-electron chi connectivity index (χ2n) is 3.20. The fourth-order valence-electron chi connectivity index (χ4n) is 0.286. The maximum Gasteiger partial charge on any atom is 0.0891 e. The van der Waals surface area contributed by atoms with Crippen LogP contribution in [0.25, 0.3) is 0 Å². The molecule has 0 rings (SSSR count). The van der Waals surface area contributed by atoms with Gasteiger partial charge in [0.05, 0.1) is 5.76 Å².